The van der Waals surface area contributed by atoms with Crippen molar-refractivity contribution in [3.05, 3.63) is 65.6 Å². The van der Waals surface area contributed by atoms with Crippen molar-refractivity contribution in [3.63, 3.8) is 0 Å². The zero-order valence-electron chi connectivity index (χ0n) is 10.5. The molecular formula is C15H12FNO2S. The molecule has 0 aliphatic carbocycles. The van der Waals surface area contributed by atoms with Crippen LogP contribution in [0.1, 0.15) is 11.1 Å². The van der Waals surface area contributed by atoms with Crippen molar-refractivity contribution < 1.29 is 14.3 Å². The first-order valence-electron chi connectivity index (χ1n) is 5.88. The highest BCUT2D eigenvalue weighted by atomic mass is 32.2. The lowest BCUT2D eigenvalue weighted by Crippen LogP contribution is -1.91. The van der Waals surface area contributed by atoms with Gasteiger partial charge in [-0.25, -0.2) is 14.2 Å². The van der Waals surface area contributed by atoms with Gasteiger partial charge in [-0.05, 0) is 41.5 Å². The quantitative estimate of drug-likeness (QED) is 0.675. The second-order valence-corrected chi connectivity index (χ2v) is 4.97. The van der Waals surface area contributed by atoms with Crippen molar-refractivity contribution in [1.82, 2.24) is 4.98 Å². The van der Waals surface area contributed by atoms with Gasteiger partial charge in [0.15, 0.2) is 0 Å². The van der Waals surface area contributed by atoms with Gasteiger partial charge in [-0.2, -0.15) is 0 Å². The predicted octanol–water partition coefficient (Wildman–Crippen LogP) is 3.61. The summed E-state index contributed by atoms with van der Waals surface area (Å²) < 4.78 is 13.2. The van der Waals surface area contributed by atoms with Crippen LogP contribution in [-0.2, 0) is 10.5 Å². The number of aliphatic carboxylic acids is 1. The van der Waals surface area contributed by atoms with Gasteiger partial charge in [0, 0.05) is 18.0 Å². The fourth-order valence-corrected chi connectivity index (χ4v) is 2.47. The van der Waals surface area contributed by atoms with Gasteiger partial charge in [-0.15, -0.1) is 11.8 Å². The summed E-state index contributed by atoms with van der Waals surface area (Å²) in [6.07, 6.45) is 4.11. The third kappa shape index (κ3) is 4.20. The third-order valence-corrected chi connectivity index (χ3v) is 3.52. The summed E-state index contributed by atoms with van der Waals surface area (Å²) in [4.78, 5) is 14.7. The standard InChI is InChI=1S/C15H12FNO2S/c16-13-6-4-12(11(9-13)5-7-15(18)19)10-20-14-3-1-2-8-17-14/h1-9H,10H2,(H,18,19). The van der Waals surface area contributed by atoms with Gasteiger partial charge in [0.05, 0.1) is 5.03 Å². The second kappa shape index (κ2) is 6.86. The molecule has 2 rings (SSSR count). The highest BCUT2D eigenvalue weighted by molar-refractivity contribution is 7.98. The molecule has 0 amide bonds. The molecule has 0 atom stereocenters. The van der Waals surface area contributed by atoms with E-state index in [1.54, 1.807) is 12.3 Å². The van der Waals surface area contributed by atoms with Crippen LogP contribution < -0.4 is 0 Å². The minimum atomic E-state index is -1.06. The van der Waals surface area contributed by atoms with E-state index in [0.29, 0.717) is 11.3 Å². The Kier molecular flexibility index (Phi) is 4.90. The number of hydrogen-bond donors (Lipinski definition) is 1. The second-order valence-electron chi connectivity index (χ2n) is 3.97. The van der Waals surface area contributed by atoms with E-state index in [9.17, 15) is 9.18 Å². The number of halogens is 1. The monoisotopic (exact) mass is 289 g/mol. The summed E-state index contributed by atoms with van der Waals surface area (Å²) in [5, 5.41) is 9.51. The number of carbonyl (C=O) groups is 1. The topological polar surface area (TPSA) is 50.2 Å². The minimum absolute atomic E-state index is 0.387. The fourth-order valence-electron chi connectivity index (χ4n) is 1.60. The third-order valence-electron chi connectivity index (χ3n) is 2.53. The Hall–Kier alpha value is -2.14. The van der Waals surface area contributed by atoms with Gasteiger partial charge in [-0.3, -0.25) is 0 Å². The summed E-state index contributed by atoms with van der Waals surface area (Å²) >= 11 is 1.51. The van der Waals surface area contributed by atoms with Crippen molar-refractivity contribution in [1.29, 1.82) is 0 Å². The van der Waals surface area contributed by atoms with Crippen LogP contribution in [0.3, 0.4) is 0 Å². The molecule has 0 fully saturated rings. The molecule has 1 aromatic carbocycles. The average molecular weight is 289 g/mol. The van der Waals surface area contributed by atoms with Gasteiger partial charge in [-0.1, -0.05) is 12.1 Å². The Balaban J connectivity index is 2.16. The zero-order chi connectivity index (χ0) is 14.4. The molecule has 1 N–H and O–H groups in total. The molecule has 0 saturated heterocycles. The number of pyridine rings is 1. The first-order valence-corrected chi connectivity index (χ1v) is 6.87. The van der Waals surface area contributed by atoms with Crippen molar-refractivity contribution in [3.8, 4) is 0 Å². The van der Waals surface area contributed by atoms with Crippen LogP contribution in [0.4, 0.5) is 4.39 Å². The lowest BCUT2D eigenvalue weighted by atomic mass is 10.1. The van der Waals surface area contributed by atoms with Crippen LogP contribution >= 0.6 is 11.8 Å². The van der Waals surface area contributed by atoms with Crippen LogP contribution in [0.2, 0.25) is 0 Å². The maximum atomic E-state index is 13.2. The molecule has 0 radical (unpaired) electrons. The van der Waals surface area contributed by atoms with Gasteiger partial charge < -0.3 is 5.11 Å². The molecule has 0 spiro atoms. The zero-order valence-corrected chi connectivity index (χ0v) is 11.3. The number of benzene rings is 1. The van der Waals surface area contributed by atoms with E-state index >= 15 is 0 Å². The lowest BCUT2D eigenvalue weighted by molar-refractivity contribution is -0.131. The van der Waals surface area contributed by atoms with Crippen LogP contribution in [-0.4, -0.2) is 16.1 Å². The van der Waals surface area contributed by atoms with Gasteiger partial charge >= 0.3 is 5.97 Å². The fraction of sp³-hybridized carbons (Fsp3) is 0.0667. The van der Waals surface area contributed by atoms with E-state index in [1.165, 1.54) is 30.0 Å². The highest BCUT2D eigenvalue weighted by Gasteiger charge is 2.04. The normalized spacial score (nSPS) is 10.8. The maximum absolute atomic E-state index is 13.2. The van der Waals surface area contributed by atoms with Crippen LogP contribution in [0.25, 0.3) is 6.08 Å². The maximum Gasteiger partial charge on any atom is 0.328 e. The molecule has 3 nitrogen and oxygen atoms in total. The van der Waals surface area contributed by atoms with Crippen molar-refractivity contribution in [2.24, 2.45) is 0 Å². The van der Waals surface area contributed by atoms with Crippen molar-refractivity contribution in [2.45, 2.75) is 10.8 Å². The van der Waals surface area contributed by atoms with Crippen LogP contribution in [0.5, 0.6) is 0 Å². The molecule has 20 heavy (non-hydrogen) atoms. The van der Waals surface area contributed by atoms with E-state index in [0.717, 1.165) is 16.7 Å². The van der Waals surface area contributed by atoms with E-state index in [-0.39, 0.29) is 5.82 Å². The smallest absolute Gasteiger partial charge is 0.328 e. The molecule has 1 heterocycles. The molecule has 0 aliphatic rings. The summed E-state index contributed by atoms with van der Waals surface area (Å²) in [6, 6.07) is 9.97. The summed E-state index contributed by atoms with van der Waals surface area (Å²) in [5.74, 6) is -0.851. The molecular weight excluding hydrogens is 277 g/mol. The molecule has 5 heteroatoms. The van der Waals surface area contributed by atoms with Crippen LogP contribution in [0.15, 0.2) is 53.7 Å². The Morgan fingerprint density at radius 1 is 1.35 bits per heavy atom. The Bertz CT molecular complexity index is 629. The summed E-state index contributed by atoms with van der Waals surface area (Å²) in [7, 11) is 0. The molecule has 0 saturated carbocycles. The van der Waals surface area contributed by atoms with Crippen molar-refractivity contribution in [2.75, 3.05) is 0 Å². The molecule has 0 bridgehead atoms. The van der Waals surface area contributed by atoms with E-state index in [4.69, 9.17) is 5.11 Å². The number of aromatic nitrogens is 1. The largest absolute Gasteiger partial charge is 0.478 e. The number of rotatable bonds is 5. The Morgan fingerprint density at radius 2 is 2.20 bits per heavy atom. The van der Waals surface area contributed by atoms with E-state index in [1.807, 2.05) is 18.2 Å². The molecule has 102 valence electrons. The first kappa shape index (κ1) is 14.3. The summed E-state index contributed by atoms with van der Waals surface area (Å²) in [5.41, 5.74) is 1.43. The van der Waals surface area contributed by atoms with Gasteiger partial charge in [0.25, 0.3) is 0 Å². The highest BCUT2D eigenvalue weighted by Crippen LogP contribution is 2.24. The average Bonchev–Trinajstić information content (AvgIpc) is 2.45. The molecule has 0 unspecified atom stereocenters. The number of carboxylic acids is 1. The van der Waals surface area contributed by atoms with Crippen LogP contribution in [0, 0.1) is 5.82 Å². The van der Waals surface area contributed by atoms with Gasteiger partial charge in [0.1, 0.15) is 5.82 Å². The lowest BCUT2D eigenvalue weighted by Gasteiger charge is -2.06. The Morgan fingerprint density at radius 3 is 2.90 bits per heavy atom. The number of nitrogens with zero attached hydrogens (tertiary/aromatic N) is 1. The van der Waals surface area contributed by atoms with E-state index in [2.05, 4.69) is 4.98 Å². The number of hydrogen-bond acceptors (Lipinski definition) is 3. The molecule has 2 aromatic rings. The van der Waals surface area contributed by atoms with Crippen molar-refractivity contribution >= 4 is 23.8 Å². The summed E-state index contributed by atoms with van der Waals surface area (Å²) in [6.45, 7) is 0. The SMILES string of the molecule is O=C(O)C=Cc1cc(F)ccc1CSc1ccccn1. The van der Waals surface area contributed by atoms with E-state index < -0.39 is 5.97 Å². The minimum Gasteiger partial charge on any atom is -0.478 e. The molecule has 1 aromatic heterocycles. The number of carboxylic acid groups (broad SMARTS) is 1. The predicted molar refractivity (Wildman–Crippen MR) is 76.9 cm³/mol. The van der Waals surface area contributed by atoms with Gasteiger partial charge in [0.2, 0.25) is 0 Å². The Labute approximate surface area is 120 Å². The molecule has 0 aliphatic heterocycles. The number of thioether (sulfide) groups is 1. The first-order chi connectivity index (χ1) is 9.65.